The second kappa shape index (κ2) is 5.43. The molecule has 1 aromatic carbocycles. The summed E-state index contributed by atoms with van der Waals surface area (Å²) in [5, 5.41) is 1.03. The zero-order valence-electron chi connectivity index (χ0n) is 10.4. The van der Waals surface area contributed by atoms with E-state index in [1.54, 1.807) is 11.3 Å². The van der Waals surface area contributed by atoms with E-state index in [1.165, 1.54) is 16.0 Å². The van der Waals surface area contributed by atoms with Gasteiger partial charge in [-0.2, -0.15) is 0 Å². The van der Waals surface area contributed by atoms with E-state index in [2.05, 4.69) is 43.1 Å². The highest BCUT2D eigenvalue weighted by atomic mass is 32.1. The van der Waals surface area contributed by atoms with Crippen molar-refractivity contribution in [2.24, 2.45) is 5.73 Å². The number of nitrogens with two attached hydrogens (primary N) is 1. The van der Waals surface area contributed by atoms with E-state index in [4.69, 9.17) is 5.73 Å². The molecule has 2 nitrogen and oxygen atoms in total. The van der Waals surface area contributed by atoms with Crippen LogP contribution in [0, 0.1) is 6.92 Å². The fraction of sp³-hybridized carbons (Fsp3) is 0.357. The van der Waals surface area contributed by atoms with Gasteiger partial charge in [-0.3, -0.25) is 0 Å². The molecule has 0 amide bonds. The molecule has 1 heterocycles. The summed E-state index contributed by atoms with van der Waals surface area (Å²) in [5.41, 5.74) is 9.46. The van der Waals surface area contributed by atoms with Gasteiger partial charge in [-0.05, 0) is 24.5 Å². The van der Waals surface area contributed by atoms with Gasteiger partial charge in [0.15, 0.2) is 0 Å². The van der Waals surface area contributed by atoms with Gasteiger partial charge in [-0.1, -0.05) is 31.2 Å². The molecule has 90 valence electrons. The minimum absolute atomic E-state index is 0.542. The fourth-order valence-electron chi connectivity index (χ4n) is 1.82. The summed E-state index contributed by atoms with van der Waals surface area (Å²) in [6.07, 6.45) is 2.06. The normalized spacial score (nSPS) is 10.8. The average Bonchev–Trinajstić information content (AvgIpc) is 2.71. The third-order valence-electron chi connectivity index (χ3n) is 2.91. The van der Waals surface area contributed by atoms with E-state index in [0.717, 1.165) is 23.5 Å². The lowest BCUT2D eigenvalue weighted by atomic mass is 10.1. The van der Waals surface area contributed by atoms with Gasteiger partial charge in [-0.15, -0.1) is 11.3 Å². The van der Waals surface area contributed by atoms with Gasteiger partial charge in [0.25, 0.3) is 0 Å². The zero-order chi connectivity index (χ0) is 12.3. The van der Waals surface area contributed by atoms with E-state index >= 15 is 0 Å². The predicted octanol–water partition coefficient (Wildman–Crippen LogP) is 3.06. The predicted molar refractivity (Wildman–Crippen MR) is 73.4 cm³/mol. The maximum Gasteiger partial charge on any atom is 0.107 e. The van der Waals surface area contributed by atoms with Gasteiger partial charge in [0, 0.05) is 17.8 Å². The Hall–Kier alpha value is -1.19. The van der Waals surface area contributed by atoms with Crippen LogP contribution < -0.4 is 5.73 Å². The Bertz CT molecular complexity index is 485. The number of rotatable bonds is 4. The molecule has 2 aromatic rings. The highest BCUT2D eigenvalue weighted by molar-refractivity contribution is 7.11. The van der Waals surface area contributed by atoms with Crippen molar-refractivity contribution in [3.63, 3.8) is 0 Å². The largest absolute Gasteiger partial charge is 0.325 e. The Morgan fingerprint density at radius 1 is 1.18 bits per heavy atom. The number of benzene rings is 1. The smallest absolute Gasteiger partial charge is 0.107 e. The van der Waals surface area contributed by atoms with Crippen LogP contribution in [0.5, 0.6) is 0 Å². The molecular formula is C14H18N2S. The van der Waals surface area contributed by atoms with Crippen LogP contribution in [-0.4, -0.2) is 4.98 Å². The van der Waals surface area contributed by atoms with Gasteiger partial charge in [0.2, 0.25) is 0 Å². The van der Waals surface area contributed by atoms with Crippen LogP contribution in [0.3, 0.4) is 0 Å². The molecule has 2 N–H and O–H groups in total. The molecule has 1 aromatic heterocycles. The molecule has 0 saturated carbocycles. The Balaban J connectivity index is 2.16. The van der Waals surface area contributed by atoms with Gasteiger partial charge in [0.05, 0.1) is 5.69 Å². The standard InChI is InChI=1S/C14H18N2S/c1-3-11-4-6-12(7-5-11)8-13-10(2)16-14(9-15)17-13/h4-7H,3,8-9,15H2,1-2H3. The minimum Gasteiger partial charge on any atom is -0.325 e. The second-order valence-electron chi connectivity index (χ2n) is 4.17. The van der Waals surface area contributed by atoms with Gasteiger partial charge in [-0.25, -0.2) is 4.98 Å². The summed E-state index contributed by atoms with van der Waals surface area (Å²) in [4.78, 5) is 5.78. The van der Waals surface area contributed by atoms with Gasteiger partial charge in [0.1, 0.15) is 5.01 Å². The highest BCUT2D eigenvalue weighted by Gasteiger charge is 2.07. The highest BCUT2D eigenvalue weighted by Crippen LogP contribution is 2.21. The van der Waals surface area contributed by atoms with Crippen LogP contribution >= 0.6 is 11.3 Å². The van der Waals surface area contributed by atoms with Crippen molar-refractivity contribution < 1.29 is 0 Å². The first-order chi connectivity index (χ1) is 8.22. The quantitative estimate of drug-likeness (QED) is 0.900. The van der Waals surface area contributed by atoms with E-state index in [0.29, 0.717) is 6.54 Å². The molecule has 0 radical (unpaired) electrons. The molecule has 2 rings (SSSR count). The van der Waals surface area contributed by atoms with E-state index in [1.807, 2.05) is 0 Å². The summed E-state index contributed by atoms with van der Waals surface area (Å²) in [7, 11) is 0. The lowest BCUT2D eigenvalue weighted by Crippen LogP contribution is -1.94. The third-order valence-corrected chi connectivity index (χ3v) is 4.09. The van der Waals surface area contributed by atoms with Crippen LogP contribution in [0.4, 0.5) is 0 Å². The van der Waals surface area contributed by atoms with Crippen molar-refractivity contribution in [1.29, 1.82) is 0 Å². The molecule has 0 aliphatic carbocycles. The summed E-state index contributed by atoms with van der Waals surface area (Å²) in [6, 6.07) is 8.82. The zero-order valence-corrected chi connectivity index (χ0v) is 11.2. The number of hydrogen-bond donors (Lipinski definition) is 1. The van der Waals surface area contributed by atoms with Crippen molar-refractivity contribution in [3.8, 4) is 0 Å². The first-order valence-electron chi connectivity index (χ1n) is 5.96. The molecule has 0 fully saturated rings. The molecule has 0 bridgehead atoms. The minimum atomic E-state index is 0.542. The molecule has 3 heteroatoms. The molecule has 0 unspecified atom stereocenters. The maximum absolute atomic E-state index is 5.61. The molecule has 17 heavy (non-hydrogen) atoms. The summed E-state index contributed by atoms with van der Waals surface area (Å²) in [5.74, 6) is 0. The first kappa shape index (κ1) is 12.3. The molecule has 0 saturated heterocycles. The molecule has 0 aliphatic heterocycles. The monoisotopic (exact) mass is 246 g/mol. The van der Waals surface area contributed by atoms with Gasteiger partial charge < -0.3 is 5.73 Å². The summed E-state index contributed by atoms with van der Waals surface area (Å²) in [6.45, 7) is 4.78. The van der Waals surface area contributed by atoms with Gasteiger partial charge >= 0.3 is 0 Å². The summed E-state index contributed by atoms with van der Waals surface area (Å²) >= 11 is 1.73. The Kier molecular flexibility index (Phi) is 3.92. The topological polar surface area (TPSA) is 38.9 Å². The number of hydrogen-bond acceptors (Lipinski definition) is 3. The van der Waals surface area contributed by atoms with E-state index in [-0.39, 0.29) is 0 Å². The van der Waals surface area contributed by atoms with Crippen molar-refractivity contribution in [2.45, 2.75) is 33.2 Å². The van der Waals surface area contributed by atoms with Crippen LogP contribution in [0.15, 0.2) is 24.3 Å². The lowest BCUT2D eigenvalue weighted by Gasteiger charge is -2.01. The van der Waals surface area contributed by atoms with Crippen molar-refractivity contribution in [2.75, 3.05) is 0 Å². The van der Waals surface area contributed by atoms with Crippen LogP contribution in [0.1, 0.15) is 33.6 Å². The summed E-state index contributed by atoms with van der Waals surface area (Å²) < 4.78 is 0. The number of aryl methyl sites for hydroxylation is 2. The van der Waals surface area contributed by atoms with Crippen molar-refractivity contribution >= 4 is 11.3 Å². The van der Waals surface area contributed by atoms with Crippen molar-refractivity contribution in [3.05, 3.63) is 51.0 Å². The van der Waals surface area contributed by atoms with Crippen molar-refractivity contribution in [1.82, 2.24) is 4.98 Å². The molecule has 0 atom stereocenters. The number of aromatic nitrogens is 1. The van der Waals surface area contributed by atoms with E-state index < -0.39 is 0 Å². The van der Waals surface area contributed by atoms with E-state index in [9.17, 15) is 0 Å². The lowest BCUT2D eigenvalue weighted by molar-refractivity contribution is 1.01. The number of nitrogens with zero attached hydrogens (tertiary/aromatic N) is 1. The molecule has 0 aliphatic rings. The Labute approximate surface area is 107 Å². The maximum atomic E-state index is 5.61. The second-order valence-corrected chi connectivity index (χ2v) is 5.34. The SMILES string of the molecule is CCc1ccc(Cc2sc(CN)nc2C)cc1. The Morgan fingerprint density at radius 3 is 2.35 bits per heavy atom. The molecular weight excluding hydrogens is 228 g/mol. The molecule has 0 spiro atoms. The van der Waals surface area contributed by atoms with Crippen LogP contribution in [0.25, 0.3) is 0 Å². The first-order valence-corrected chi connectivity index (χ1v) is 6.77. The Morgan fingerprint density at radius 2 is 1.82 bits per heavy atom. The van der Waals surface area contributed by atoms with Crippen LogP contribution in [0.2, 0.25) is 0 Å². The average molecular weight is 246 g/mol. The fourth-order valence-corrected chi connectivity index (χ4v) is 2.80. The van der Waals surface area contributed by atoms with Crippen LogP contribution in [-0.2, 0) is 19.4 Å². The number of thiazole rings is 1. The third kappa shape index (κ3) is 2.93.